The van der Waals surface area contributed by atoms with E-state index in [0.717, 1.165) is 23.7 Å². The lowest BCUT2D eigenvalue weighted by Crippen LogP contribution is -2.15. The lowest BCUT2D eigenvalue weighted by Gasteiger charge is -2.29. The molecule has 1 nitrogen and oxygen atoms in total. The Morgan fingerprint density at radius 3 is 1.66 bits per heavy atom. The van der Waals surface area contributed by atoms with Gasteiger partial charge in [0.1, 0.15) is 0 Å². The van der Waals surface area contributed by atoms with Crippen molar-refractivity contribution in [3.05, 3.63) is 24.3 Å². The van der Waals surface area contributed by atoms with Gasteiger partial charge in [0, 0.05) is 6.08 Å². The Balaban J connectivity index is 1.44. The molecule has 2 aliphatic carbocycles. The van der Waals surface area contributed by atoms with Gasteiger partial charge in [-0.15, -0.1) is 0 Å². The van der Waals surface area contributed by atoms with E-state index in [-0.39, 0.29) is 0 Å². The highest BCUT2D eigenvalue weighted by atomic mass is 14.3. The van der Waals surface area contributed by atoms with Crippen LogP contribution in [0, 0.1) is 35.0 Å². The van der Waals surface area contributed by atoms with Crippen molar-refractivity contribution in [3.8, 4) is 6.07 Å². The van der Waals surface area contributed by atoms with E-state index in [1.54, 1.807) is 6.08 Å². The fourth-order valence-electron chi connectivity index (χ4n) is 5.70. The van der Waals surface area contributed by atoms with Gasteiger partial charge in [0.2, 0.25) is 0 Å². The minimum atomic E-state index is 0.747. The smallest absolute Gasteiger partial charge is 0.0912 e. The van der Waals surface area contributed by atoms with Gasteiger partial charge in [-0.2, -0.15) is 5.26 Å². The van der Waals surface area contributed by atoms with Gasteiger partial charge in [-0.1, -0.05) is 115 Å². The van der Waals surface area contributed by atoms with Crippen molar-refractivity contribution in [2.24, 2.45) is 23.7 Å². The summed E-state index contributed by atoms with van der Waals surface area (Å²) >= 11 is 0. The topological polar surface area (TPSA) is 23.8 Å². The zero-order valence-electron chi connectivity index (χ0n) is 19.3. The second kappa shape index (κ2) is 15.8. The molecule has 0 aromatic carbocycles. The molecule has 0 aromatic rings. The maximum atomic E-state index is 8.52. The summed E-state index contributed by atoms with van der Waals surface area (Å²) in [6.45, 7) is 2.31. The summed E-state index contributed by atoms with van der Waals surface area (Å²) in [6, 6.07) is 2.05. The number of nitrogens with zero attached hydrogens (tertiary/aromatic N) is 1. The number of nitriles is 1. The van der Waals surface area contributed by atoms with Gasteiger partial charge in [-0.3, -0.25) is 0 Å². The number of rotatable bonds is 13. The van der Waals surface area contributed by atoms with E-state index in [9.17, 15) is 0 Å². The number of unbranched alkanes of at least 4 members (excludes halogenated alkanes) is 5. The molecular formula is C28H47N. The average Bonchev–Trinajstić information content (AvgIpc) is 2.76. The van der Waals surface area contributed by atoms with Crippen molar-refractivity contribution in [3.63, 3.8) is 0 Å². The van der Waals surface area contributed by atoms with Crippen LogP contribution in [0.2, 0.25) is 0 Å². The van der Waals surface area contributed by atoms with Crippen molar-refractivity contribution >= 4 is 0 Å². The molecule has 0 saturated heterocycles. The molecule has 164 valence electrons. The normalized spacial score (nSPS) is 28.1. The van der Waals surface area contributed by atoms with Gasteiger partial charge < -0.3 is 0 Å². The summed E-state index contributed by atoms with van der Waals surface area (Å²) in [6.07, 6.45) is 34.1. The van der Waals surface area contributed by atoms with Crippen LogP contribution in [0.1, 0.15) is 122 Å². The highest BCUT2D eigenvalue weighted by Crippen LogP contribution is 2.36. The molecule has 29 heavy (non-hydrogen) atoms. The van der Waals surface area contributed by atoms with E-state index in [1.807, 2.05) is 12.1 Å². The lowest BCUT2D eigenvalue weighted by atomic mass is 9.77. The van der Waals surface area contributed by atoms with E-state index in [0.29, 0.717) is 0 Å². The van der Waals surface area contributed by atoms with Crippen molar-refractivity contribution < 1.29 is 0 Å². The zero-order chi connectivity index (χ0) is 20.6. The average molecular weight is 398 g/mol. The van der Waals surface area contributed by atoms with Crippen molar-refractivity contribution in [2.45, 2.75) is 122 Å². The van der Waals surface area contributed by atoms with Crippen molar-refractivity contribution in [2.75, 3.05) is 0 Å². The molecule has 2 saturated carbocycles. The maximum Gasteiger partial charge on any atom is 0.0912 e. The summed E-state index contributed by atoms with van der Waals surface area (Å²) in [5.41, 5.74) is 0. The Morgan fingerprint density at radius 2 is 1.14 bits per heavy atom. The Morgan fingerprint density at radius 1 is 0.655 bits per heavy atom. The van der Waals surface area contributed by atoms with Crippen LogP contribution < -0.4 is 0 Å². The largest absolute Gasteiger partial charge is 0.193 e. The minimum Gasteiger partial charge on any atom is -0.193 e. The molecule has 0 bridgehead atoms. The van der Waals surface area contributed by atoms with Gasteiger partial charge in [0.05, 0.1) is 6.07 Å². The summed E-state index contributed by atoms with van der Waals surface area (Å²) in [5, 5.41) is 8.52. The van der Waals surface area contributed by atoms with Gasteiger partial charge in [0.25, 0.3) is 0 Å². The van der Waals surface area contributed by atoms with Crippen LogP contribution in [0.15, 0.2) is 24.3 Å². The van der Waals surface area contributed by atoms with Crippen LogP contribution in [0.4, 0.5) is 0 Å². The number of hydrogen-bond donors (Lipinski definition) is 0. The van der Waals surface area contributed by atoms with Gasteiger partial charge >= 0.3 is 0 Å². The first-order chi connectivity index (χ1) is 14.3. The second-order valence-corrected chi connectivity index (χ2v) is 10.0. The Labute approximate surface area is 182 Å². The van der Waals surface area contributed by atoms with E-state index < -0.39 is 0 Å². The van der Waals surface area contributed by atoms with Crippen LogP contribution in [0.3, 0.4) is 0 Å². The summed E-state index contributed by atoms with van der Waals surface area (Å²) in [7, 11) is 0. The molecule has 0 atom stereocenters. The van der Waals surface area contributed by atoms with Crippen LogP contribution in [0.25, 0.3) is 0 Å². The number of hydrogen-bond acceptors (Lipinski definition) is 1. The fourth-order valence-corrected chi connectivity index (χ4v) is 5.70. The molecule has 2 aliphatic rings. The van der Waals surface area contributed by atoms with Crippen LogP contribution >= 0.6 is 0 Å². The predicted octanol–water partition coefficient (Wildman–Crippen LogP) is 9.16. The van der Waals surface area contributed by atoms with E-state index in [2.05, 4.69) is 19.1 Å². The molecule has 1 heteroatoms. The highest BCUT2D eigenvalue weighted by Gasteiger charge is 2.21. The Bertz CT molecular complexity index is 481. The van der Waals surface area contributed by atoms with Crippen LogP contribution in [0.5, 0.6) is 0 Å². The van der Waals surface area contributed by atoms with Crippen molar-refractivity contribution in [1.82, 2.24) is 0 Å². The molecule has 0 aromatic heterocycles. The standard InChI is InChI=1S/C28H47N/c1-2-3-4-5-7-12-25-16-20-27(21-17-25)14-9-10-15-28-22-18-26(19-23-28)13-8-6-11-24-29/h6,8,11,13,25-28H,2-5,7,9-10,12,14-23H2,1H3/t25-,26?,27-,28?. The minimum absolute atomic E-state index is 0.747. The van der Waals surface area contributed by atoms with E-state index >= 15 is 0 Å². The van der Waals surface area contributed by atoms with Crippen LogP contribution in [-0.2, 0) is 0 Å². The molecule has 0 unspecified atom stereocenters. The molecule has 0 spiro atoms. The molecule has 0 N–H and O–H groups in total. The molecule has 2 fully saturated rings. The summed E-state index contributed by atoms with van der Waals surface area (Å²) in [4.78, 5) is 0. The monoisotopic (exact) mass is 397 g/mol. The molecule has 0 aliphatic heterocycles. The fraction of sp³-hybridized carbons (Fsp3) is 0.821. The molecule has 0 amide bonds. The van der Waals surface area contributed by atoms with E-state index in [4.69, 9.17) is 5.26 Å². The molecule has 0 heterocycles. The maximum absolute atomic E-state index is 8.52. The SMILES string of the molecule is CCCCCCC[C@H]1CC[C@H](CCCCC2CCC(C=CC=CC#N)CC2)CC1. The molecule has 0 radical (unpaired) electrons. The predicted molar refractivity (Wildman–Crippen MR) is 127 cm³/mol. The second-order valence-electron chi connectivity index (χ2n) is 10.0. The van der Waals surface area contributed by atoms with Gasteiger partial charge in [0.15, 0.2) is 0 Å². The lowest BCUT2D eigenvalue weighted by molar-refractivity contribution is 0.239. The molecular weight excluding hydrogens is 350 g/mol. The summed E-state index contributed by atoms with van der Waals surface area (Å²) in [5.74, 6) is 3.84. The number of allylic oxidation sites excluding steroid dienone is 4. The van der Waals surface area contributed by atoms with Gasteiger partial charge in [-0.25, -0.2) is 0 Å². The quantitative estimate of drug-likeness (QED) is 0.173. The first-order valence-corrected chi connectivity index (χ1v) is 13.0. The summed E-state index contributed by atoms with van der Waals surface area (Å²) < 4.78 is 0. The molecule has 2 rings (SSSR count). The van der Waals surface area contributed by atoms with Crippen molar-refractivity contribution in [1.29, 1.82) is 5.26 Å². The first-order valence-electron chi connectivity index (χ1n) is 13.0. The van der Waals surface area contributed by atoms with Crippen LogP contribution in [-0.4, -0.2) is 0 Å². The highest BCUT2D eigenvalue weighted by molar-refractivity contribution is 5.12. The Hall–Kier alpha value is -1.03. The van der Waals surface area contributed by atoms with E-state index in [1.165, 1.54) is 116 Å². The van der Waals surface area contributed by atoms with Gasteiger partial charge in [-0.05, 0) is 49.4 Å². The zero-order valence-corrected chi connectivity index (χ0v) is 19.3. The first kappa shape index (κ1) is 24.2. The Kier molecular flexibility index (Phi) is 13.2. The third-order valence-electron chi connectivity index (χ3n) is 7.71. The third-order valence-corrected chi connectivity index (χ3v) is 7.71. The third kappa shape index (κ3) is 11.1.